The minimum absolute atomic E-state index is 0.268. The van der Waals surface area contributed by atoms with E-state index in [1.165, 1.54) is 12.1 Å². The van der Waals surface area contributed by atoms with Crippen molar-refractivity contribution in [3.8, 4) is 0 Å². The molecule has 0 radical (unpaired) electrons. The fourth-order valence-electron chi connectivity index (χ4n) is 3.48. The van der Waals surface area contributed by atoms with Gasteiger partial charge in [-0.3, -0.25) is 14.8 Å². The summed E-state index contributed by atoms with van der Waals surface area (Å²) in [5.41, 5.74) is 3.98. The molecule has 0 saturated heterocycles. The van der Waals surface area contributed by atoms with Crippen molar-refractivity contribution in [2.75, 3.05) is 16.0 Å². The third-order valence-corrected chi connectivity index (χ3v) is 5.08. The van der Waals surface area contributed by atoms with Crippen LogP contribution in [0.2, 0.25) is 0 Å². The van der Waals surface area contributed by atoms with Gasteiger partial charge < -0.3 is 16.0 Å². The Balaban J connectivity index is 1.33. The van der Waals surface area contributed by atoms with Crippen LogP contribution < -0.4 is 16.0 Å². The summed E-state index contributed by atoms with van der Waals surface area (Å²) in [7, 11) is 0. The summed E-state index contributed by atoms with van der Waals surface area (Å²) >= 11 is 0. The maximum absolute atomic E-state index is 13.8. The lowest BCUT2D eigenvalue weighted by Crippen LogP contribution is -2.12. The van der Waals surface area contributed by atoms with Crippen LogP contribution in [0.1, 0.15) is 10.4 Å². The van der Waals surface area contributed by atoms with Crippen LogP contribution in [0.4, 0.5) is 33.0 Å². The molecule has 7 nitrogen and oxygen atoms in total. The van der Waals surface area contributed by atoms with Crippen molar-refractivity contribution in [3.05, 3.63) is 109 Å². The molecule has 3 N–H and O–H groups in total. The van der Waals surface area contributed by atoms with Crippen LogP contribution in [0.15, 0.2) is 97.6 Å². The summed E-state index contributed by atoms with van der Waals surface area (Å²) in [6.07, 6.45) is 6.63. The number of pyridine rings is 3. The van der Waals surface area contributed by atoms with Crippen LogP contribution in [0.25, 0.3) is 10.9 Å². The Morgan fingerprint density at radius 1 is 0.735 bits per heavy atom. The second-order valence-electron chi connectivity index (χ2n) is 7.47. The topological polar surface area (TPSA) is 91.8 Å². The van der Waals surface area contributed by atoms with Crippen LogP contribution in [-0.4, -0.2) is 20.9 Å². The Morgan fingerprint density at radius 3 is 2.44 bits per heavy atom. The highest BCUT2D eigenvalue weighted by atomic mass is 19.1. The maximum atomic E-state index is 13.8. The second-order valence-corrected chi connectivity index (χ2v) is 7.47. The van der Waals surface area contributed by atoms with E-state index in [2.05, 4.69) is 30.9 Å². The fraction of sp³-hybridized carbons (Fsp3) is 0. The number of carbonyl (C=O) groups is 1. The van der Waals surface area contributed by atoms with E-state index in [0.717, 1.165) is 5.69 Å². The number of halogens is 1. The minimum Gasteiger partial charge on any atom is -0.355 e. The van der Waals surface area contributed by atoms with Crippen molar-refractivity contribution < 1.29 is 9.18 Å². The lowest BCUT2D eigenvalue weighted by molar-refractivity contribution is 0.102. The van der Waals surface area contributed by atoms with Crippen LogP contribution >= 0.6 is 0 Å². The van der Waals surface area contributed by atoms with E-state index < -0.39 is 0 Å². The van der Waals surface area contributed by atoms with E-state index in [9.17, 15) is 9.18 Å². The van der Waals surface area contributed by atoms with Crippen molar-refractivity contribution in [3.63, 3.8) is 0 Å². The average molecular weight is 450 g/mol. The third-order valence-electron chi connectivity index (χ3n) is 5.08. The van der Waals surface area contributed by atoms with E-state index >= 15 is 0 Å². The molecule has 1 amide bonds. The average Bonchev–Trinajstić information content (AvgIpc) is 2.85. The Kier molecular flexibility index (Phi) is 5.77. The molecule has 0 unspecified atom stereocenters. The normalized spacial score (nSPS) is 10.6. The second kappa shape index (κ2) is 9.33. The zero-order valence-corrected chi connectivity index (χ0v) is 17.9. The molecule has 3 aromatic heterocycles. The molecule has 0 aliphatic rings. The molecule has 166 valence electrons. The highest BCUT2D eigenvalue weighted by molar-refractivity contribution is 6.05. The molecular formula is C26H19FN6O. The van der Waals surface area contributed by atoms with Crippen molar-refractivity contribution in [1.29, 1.82) is 0 Å². The van der Waals surface area contributed by atoms with Gasteiger partial charge in [0.2, 0.25) is 0 Å². The first-order valence-electron chi connectivity index (χ1n) is 10.5. The maximum Gasteiger partial charge on any atom is 0.255 e. The van der Waals surface area contributed by atoms with Crippen molar-refractivity contribution in [1.82, 2.24) is 15.0 Å². The molecule has 0 spiro atoms. The van der Waals surface area contributed by atoms with E-state index in [1.807, 2.05) is 18.2 Å². The number of aromatic nitrogens is 3. The monoisotopic (exact) mass is 450 g/mol. The molecule has 0 atom stereocenters. The molecule has 2 aromatic carbocycles. The Bertz CT molecular complexity index is 1480. The van der Waals surface area contributed by atoms with Gasteiger partial charge in [0, 0.05) is 64.6 Å². The smallest absolute Gasteiger partial charge is 0.255 e. The van der Waals surface area contributed by atoms with Gasteiger partial charge in [-0.2, -0.15) is 0 Å². The van der Waals surface area contributed by atoms with Crippen molar-refractivity contribution in [2.45, 2.75) is 0 Å². The molecule has 5 aromatic rings. The van der Waals surface area contributed by atoms with Gasteiger partial charge >= 0.3 is 0 Å². The number of hydrogen-bond acceptors (Lipinski definition) is 6. The summed E-state index contributed by atoms with van der Waals surface area (Å²) in [5, 5.41) is 9.98. The summed E-state index contributed by atoms with van der Waals surface area (Å²) in [6.45, 7) is 0. The highest BCUT2D eigenvalue weighted by Gasteiger charge is 2.09. The van der Waals surface area contributed by atoms with Gasteiger partial charge in [-0.1, -0.05) is 6.07 Å². The molecule has 0 aliphatic carbocycles. The van der Waals surface area contributed by atoms with E-state index in [-0.39, 0.29) is 11.7 Å². The van der Waals surface area contributed by atoms with Gasteiger partial charge in [0.15, 0.2) is 0 Å². The first-order valence-corrected chi connectivity index (χ1v) is 10.5. The number of amides is 1. The third kappa shape index (κ3) is 4.81. The van der Waals surface area contributed by atoms with Crippen LogP contribution in [0.3, 0.4) is 0 Å². The number of carbonyl (C=O) groups excluding carboxylic acids is 1. The van der Waals surface area contributed by atoms with E-state index in [0.29, 0.717) is 39.3 Å². The van der Waals surface area contributed by atoms with Gasteiger partial charge in [0.25, 0.3) is 5.91 Å². The molecule has 3 heterocycles. The standard InChI is InChI=1S/C26H19FN6O/c27-18-4-5-23-22(15-18)24(9-13-29-23)31-20-3-1-2-17(14-20)26(34)33-21-8-12-30-25(16-21)32-19-6-10-28-11-7-19/h1-16H,(H,29,31)(H2,28,30,32,33,34). The predicted molar refractivity (Wildman–Crippen MR) is 131 cm³/mol. The Morgan fingerprint density at radius 2 is 1.56 bits per heavy atom. The zero-order chi connectivity index (χ0) is 23.3. The quantitative estimate of drug-likeness (QED) is 0.298. The Hall–Kier alpha value is -4.85. The molecule has 0 bridgehead atoms. The fourth-order valence-corrected chi connectivity index (χ4v) is 3.48. The molecular weight excluding hydrogens is 431 g/mol. The van der Waals surface area contributed by atoms with Crippen LogP contribution in [-0.2, 0) is 0 Å². The number of hydrogen-bond donors (Lipinski definition) is 3. The minimum atomic E-state index is -0.341. The molecule has 34 heavy (non-hydrogen) atoms. The van der Waals surface area contributed by atoms with Gasteiger partial charge in [-0.15, -0.1) is 0 Å². The highest BCUT2D eigenvalue weighted by Crippen LogP contribution is 2.26. The number of anilines is 5. The SMILES string of the molecule is O=C(Nc1ccnc(Nc2ccncc2)c1)c1cccc(Nc2ccnc3ccc(F)cc23)c1. The van der Waals surface area contributed by atoms with Crippen LogP contribution in [0.5, 0.6) is 0 Å². The lowest BCUT2D eigenvalue weighted by atomic mass is 10.1. The number of nitrogens with zero attached hydrogens (tertiary/aromatic N) is 3. The molecule has 0 saturated carbocycles. The number of fused-ring (bicyclic) bond motifs is 1. The largest absolute Gasteiger partial charge is 0.355 e. The molecule has 8 heteroatoms. The first kappa shape index (κ1) is 21.0. The lowest BCUT2D eigenvalue weighted by Gasteiger charge is -2.12. The number of rotatable bonds is 6. The molecule has 5 rings (SSSR count). The van der Waals surface area contributed by atoms with E-state index in [4.69, 9.17) is 0 Å². The van der Waals surface area contributed by atoms with Crippen LogP contribution in [0, 0.1) is 5.82 Å². The van der Waals surface area contributed by atoms with Gasteiger partial charge in [0.1, 0.15) is 11.6 Å². The van der Waals surface area contributed by atoms with E-state index in [1.54, 1.807) is 67.3 Å². The van der Waals surface area contributed by atoms with Gasteiger partial charge in [-0.05, 0) is 60.7 Å². The number of benzene rings is 2. The summed E-state index contributed by atoms with van der Waals surface area (Å²) in [6, 6.07) is 20.4. The summed E-state index contributed by atoms with van der Waals surface area (Å²) < 4.78 is 13.8. The first-order chi connectivity index (χ1) is 16.6. The van der Waals surface area contributed by atoms with Gasteiger partial charge in [0.05, 0.1) is 5.52 Å². The summed E-state index contributed by atoms with van der Waals surface area (Å²) in [4.78, 5) is 25.4. The van der Waals surface area contributed by atoms with Gasteiger partial charge in [-0.25, -0.2) is 9.37 Å². The Labute approximate surface area is 194 Å². The molecule has 0 aliphatic heterocycles. The number of nitrogens with one attached hydrogen (secondary N) is 3. The molecule has 0 fully saturated rings. The summed E-state index contributed by atoms with van der Waals surface area (Å²) in [5.74, 6) is -0.0154. The van der Waals surface area contributed by atoms with Crippen molar-refractivity contribution >= 4 is 45.4 Å². The zero-order valence-electron chi connectivity index (χ0n) is 17.9. The van der Waals surface area contributed by atoms with Crippen molar-refractivity contribution in [2.24, 2.45) is 0 Å². The predicted octanol–water partition coefficient (Wildman–Crippen LogP) is 5.90.